The van der Waals surface area contributed by atoms with E-state index in [1.807, 2.05) is 11.3 Å². The Morgan fingerprint density at radius 2 is 2.06 bits per heavy atom. The van der Waals surface area contributed by atoms with E-state index in [0.717, 1.165) is 19.6 Å². The zero-order valence-electron chi connectivity index (χ0n) is 12.4. The van der Waals surface area contributed by atoms with Gasteiger partial charge in [0.2, 0.25) is 0 Å². The summed E-state index contributed by atoms with van der Waals surface area (Å²) in [4.78, 5) is 8.48. The van der Waals surface area contributed by atoms with Gasteiger partial charge in [0.1, 0.15) is 0 Å². The second-order valence-electron chi connectivity index (χ2n) is 4.97. The normalized spacial score (nSPS) is 11.2. The van der Waals surface area contributed by atoms with Crippen molar-refractivity contribution in [1.82, 2.24) is 10.3 Å². The van der Waals surface area contributed by atoms with Crippen LogP contribution >= 0.6 is 11.3 Å². The topological polar surface area (TPSA) is 28.2 Å². The summed E-state index contributed by atoms with van der Waals surface area (Å²) in [6.45, 7) is 14.0. The molecule has 0 radical (unpaired) electrons. The van der Waals surface area contributed by atoms with Crippen LogP contribution in [0.3, 0.4) is 0 Å². The molecule has 1 aromatic heterocycles. The van der Waals surface area contributed by atoms with Crippen molar-refractivity contribution in [3.63, 3.8) is 0 Å². The summed E-state index contributed by atoms with van der Waals surface area (Å²) >= 11 is 1.84. The Balaban J connectivity index is 2.68. The molecule has 3 nitrogen and oxygen atoms in total. The third kappa shape index (κ3) is 4.58. The summed E-state index contributed by atoms with van der Waals surface area (Å²) < 4.78 is 0. The molecule has 18 heavy (non-hydrogen) atoms. The van der Waals surface area contributed by atoms with Crippen molar-refractivity contribution in [3.05, 3.63) is 10.6 Å². The molecule has 1 heterocycles. The molecule has 0 aliphatic carbocycles. The van der Waals surface area contributed by atoms with E-state index < -0.39 is 0 Å². The maximum atomic E-state index is 4.72. The molecule has 1 aromatic rings. The summed E-state index contributed by atoms with van der Waals surface area (Å²) in [6.07, 6.45) is 2.48. The molecule has 0 bridgehead atoms. The van der Waals surface area contributed by atoms with Gasteiger partial charge in [0.15, 0.2) is 5.13 Å². The summed E-state index contributed by atoms with van der Waals surface area (Å²) in [7, 11) is 0. The number of aryl methyl sites for hydroxylation is 1. The molecule has 0 aliphatic rings. The van der Waals surface area contributed by atoms with Crippen molar-refractivity contribution in [2.75, 3.05) is 18.0 Å². The molecule has 1 N–H and O–H groups in total. The fourth-order valence-electron chi connectivity index (χ4n) is 1.75. The Kier molecular flexibility index (Phi) is 6.65. The van der Waals surface area contributed by atoms with Crippen LogP contribution in [-0.2, 0) is 6.54 Å². The zero-order valence-corrected chi connectivity index (χ0v) is 13.2. The Hall–Kier alpha value is -0.610. The Morgan fingerprint density at radius 3 is 2.61 bits per heavy atom. The first kappa shape index (κ1) is 15.4. The molecule has 0 saturated heterocycles. The Labute approximate surface area is 116 Å². The van der Waals surface area contributed by atoms with Crippen LogP contribution in [0.15, 0.2) is 0 Å². The van der Waals surface area contributed by atoms with E-state index in [0.29, 0.717) is 6.04 Å². The van der Waals surface area contributed by atoms with Gasteiger partial charge < -0.3 is 10.2 Å². The van der Waals surface area contributed by atoms with Crippen LogP contribution in [-0.4, -0.2) is 24.1 Å². The number of nitrogens with one attached hydrogen (secondary N) is 1. The lowest BCUT2D eigenvalue weighted by Gasteiger charge is -2.19. The fourth-order valence-corrected chi connectivity index (χ4v) is 2.85. The number of thiazole rings is 1. The van der Waals surface area contributed by atoms with Crippen LogP contribution in [0.1, 0.15) is 51.1 Å². The van der Waals surface area contributed by atoms with E-state index >= 15 is 0 Å². The van der Waals surface area contributed by atoms with E-state index in [1.54, 1.807) is 0 Å². The number of hydrogen-bond acceptors (Lipinski definition) is 4. The molecule has 0 aromatic carbocycles. The van der Waals surface area contributed by atoms with Crippen molar-refractivity contribution in [3.8, 4) is 0 Å². The molecular formula is C14H27N3S. The van der Waals surface area contributed by atoms with Crippen molar-refractivity contribution in [1.29, 1.82) is 0 Å². The van der Waals surface area contributed by atoms with Gasteiger partial charge in [-0.3, -0.25) is 0 Å². The summed E-state index contributed by atoms with van der Waals surface area (Å²) in [5.41, 5.74) is 1.18. The van der Waals surface area contributed by atoms with Crippen molar-refractivity contribution < 1.29 is 0 Å². The lowest BCUT2D eigenvalue weighted by Crippen LogP contribution is -2.23. The van der Waals surface area contributed by atoms with Crippen molar-refractivity contribution in [2.24, 2.45) is 0 Å². The quantitative estimate of drug-likeness (QED) is 0.782. The number of anilines is 1. The highest BCUT2D eigenvalue weighted by Gasteiger charge is 2.12. The van der Waals surface area contributed by atoms with Gasteiger partial charge in [-0.2, -0.15) is 0 Å². The first-order valence-corrected chi connectivity index (χ1v) is 7.84. The van der Waals surface area contributed by atoms with E-state index in [-0.39, 0.29) is 0 Å². The molecule has 0 saturated carbocycles. The highest BCUT2D eigenvalue weighted by atomic mass is 32.1. The third-order valence-electron chi connectivity index (χ3n) is 2.99. The van der Waals surface area contributed by atoms with E-state index in [4.69, 9.17) is 4.98 Å². The number of nitrogens with zero attached hydrogens (tertiary/aromatic N) is 2. The summed E-state index contributed by atoms with van der Waals surface area (Å²) in [6, 6.07) is 0.525. The van der Waals surface area contributed by atoms with Gasteiger partial charge in [0.05, 0.1) is 5.69 Å². The molecule has 1 rings (SSSR count). The first-order chi connectivity index (χ1) is 8.58. The van der Waals surface area contributed by atoms with Crippen LogP contribution < -0.4 is 10.2 Å². The predicted molar refractivity (Wildman–Crippen MR) is 81.6 cm³/mol. The lowest BCUT2D eigenvalue weighted by molar-refractivity contribution is 0.591. The highest BCUT2D eigenvalue weighted by molar-refractivity contribution is 7.15. The maximum absolute atomic E-state index is 4.72. The average Bonchev–Trinajstić information content (AvgIpc) is 2.69. The van der Waals surface area contributed by atoms with Crippen molar-refractivity contribution >= 4 is 16.5 Å². The van der Waals surface area contributed by atoms with E-state index in [1.165, 1.54) is 28.5 Å². The largest absolute Gasteiger partial charge is 0.348 e. The molecule has 4 heteroatoms. The van der Waals surface area contributed by atoms with Gasteiger partial charge in [0.25, 0.3) is 0 Å². The van der Waals surface area contributed by atoms with Crippen LogP contribution in [0.25, 0.3) is 0 Å². The first-order valence-electron chi connectivity index (χ1n) is 7.03. The molecule has 0 atom stereocenters. The molecule has 104 valence electrons. The smallest absolute Gasteiger partial charge is 0.185 e. The zero-order chi connectivity index (χ0) is 13.5. The molecule has 0 aliphatic heterocycles. The van der Waals surface area contributed by atoms with Gasteiger partial charge >= 0.3 is 0 Å². The van der Waals surface area contributed by atoms with Gasteiger partial charge in [-0.05, 0) is 20.3 Å². The molecule has 0 amide bonds. The van der Waals surface area contributed by atoms with Gasteiger partial charge in [-0.25, -0.2) is 4.98 Å². The summed E-state index contributed by atoms with van der Waals surface area (Å²) in [5.74, 6) is 0. The average molecular weight is 269 g/mol. The Bertz CT molecular complexity index is 347. The summed E-state index contributed by atoms with van der Waals surface area (Å²) in [5, 5.41) is 4.65. The van der Waals surface area contributed by atoms with Crippen LogP contribution in [0, 0.1) is 6.92 Å². The predicted octanol–water partition coefficient (Wildman–Crippen LogP) is 3.58. The third-order valence-corrected chi connectivity index (χ3v) is 4.20. The second-order valence-corrected chi connectivity index (χ2v) is 6.04. The highest BCUT2D eigenvalue weighted by Crippen LogP contribution is 2.26. The standard InChI is InChI=1S/C14H27N3S/c1-6-8-9-17(7-2)14-16-12(5)13(18-14)10-15-11(3)4/h11,15H,6-10H2,1-5H3. The minimum Gasteiger partial charge on any atom is -0.348 e. The number of aromatic nitrogens is 1. The minimum absolute atomic E-state index is 0.525. The van der Waals surface area contributed by atoms with Crippen LogP contribution in [0.4, 0.5) is 5.13 Å². The van der Waals surface area contributed by atoms with E-state index in [9.17, 15) is 0 Å². The van der Waals surface area contributed by atoms with Crippen molar-refractivity contribution in [2.45, 2.75) is 60.0 Å². The van der Waals surface area contributed by atoms with Gasteiger partial charge in [-0.1, -0.05) is 27.2 Å². The van der Waals surface area contributed by atoms with Gasteiger partial charge in [0, 0.05) is 30.6 Å². The maximum Gasteiger partial charge on any atom is 0.185 e. The number of rotatable bonds is 8. The van der Waals surface area contributed by atoms with Gasteiger partial charge in [-0.15, -0.1) is 11.3 Å². The molecule has 0 spiro atoms. The van der Waals surface area contributed by atoms with E-state index in [2.05, 4.69) is 44.8 Å². The molecule has 0 fully saturated rings. The lowest BCUT2D eigenvalue weighted by atomic mass is 10.3. The monoisotopic (exact) mass is 269 g/mol. The fraction of sp³-hybridized carbons (Fsp3) is 0.786. The number of unbranched alkanes of at least 4 members (excludes halogenated alkanes) is 1. The Morgan fingerprint density at radius 1 is 1.33 bits per heavy atom. The molecule has 0 unspecified atom stereocenters. The second kappa shape index (κ2) is 7.74. The van der Waals surface area contributed by atoms with Crippen LogP contribution in [0.2, 0.25) is 0 Å². The number of hydrogen-bond donors (Lipinski definition) is 1. The minimum atomic E-state index is 0.525. The van der Waals surface area contributed by atoms with Crippen LogP contribution in [0.5, 0.6) is 0 Å². The molecular weight excluding hydrogens is 242 g/mol. The SMILES string of the molecule is CCCCN(CC)c1nc(C)c(CNC(C)C)s1.